The maximum atomic E-state index is 13.9. The van der Waals surface area contributed by atoms with E-state index in [-0.39, 0.29) is 60.6 Å². The van der Waals surface area contributed by atoms with Crippen LogP contribution in [0, 0.1) is 29.1 Å². The molecule has 4 aliphatic carbocycles. The number of carboxylic acids is 1. The molecule has 3 aromatic heterocycles. The molecule has 4 saturated carbocycles. The average Bonchev–Trinajstić information content (AvgIpc) is 0.989. The van der Waals surface area contributed by atoms with Gasteiger partial charge in [-0.1, -0.05) is 75.4 Å². The third-order valence-corrected chi connectivity index (χ3v) is 23.3. The normalized spacial score (nSPS) is 23.0. The number of carbonyl (C=O) groups is 9. The van der Waals surface area contributed by atoms with Crippen molar-refractivity contribution in [1.82, 2.24) is 45.1 Å². The van der Waals surface area contributed by atoms with Crippen molar-refractivity contribution >= 4 is 112 Å². The number of ether oxygens (including phenoxy) is 3. The predicted octanol–water partition coefficient (Wildman–Crippen LogP) is 6.42. The number of anilines is 3. The lowest BCUT2D eigenvalue weighted by Gasteiger charge is -2.69. The summed E-state index contributed by atoms with van der Waals surface area (Å²) in [6.07, 6.45) is 8.16. The third-order valence-electron chi connectivity index (χ3n) is 21.0. The highest BCUT2D eigenvalue weighted by Crippen LogP contribution is 2.72. The van der Waals surface area contributed by atoms with Gasteiger partial charge in [-0.2, -0.15) is 21.9 Å². The van der Waals surface area contributed by atoms with E-state index in [1.807, 2.05) is 59.0 Å². The number of imide groups is 1. The molecule has 3 aromatic carbocycles. The lowest BCUT2D eigenvalue weighted by atomic mass is 9.39. The molecule has 7 aliphatic rings. The number of pyridine rings is 1. The van der Waals surface area contributed by atoms with Crippen LogP contribution in [0.15, 0.2) is 97.2 Å². The zero-order valence-electron chi connectivity index (χ0n) is 59.9. The van der Waals surface area contributed by atoms with Crippen molar-refractivity contribution in [2.24, 2.45) is 22.2 Å². The lowest BCUT2D eigenvalue weighted by Crippen LogP contribution is -2.64. The molecule has 0 radical (unpaired) electrons. The molecule has 7 N–H and O–H groups in total. The van der Waals surface area contributed by atoms with Gasteiger partial charge in [0.2, 0.25) is 23.6 Å². The Labute approximate surface area is 621 Å². The van der Waals surface area contributed by atoms with Crippen LogP contribution in [0.1, 0.15) is 123 Å². The molecular weight excluding hydrogens is 1450 g/mol. The Morgan fingerprint density at radius 1 is 0.776 bits per heavy atom. The molecule has 4 bridgehead atoms. The fraction of sp³-hybridized carbons (Fsp3) is 0.479. The molecule has 34 heteroatoms. The molecule has 8 amide bonds. The number of aromatic carboxylic acids is 1. The standard InChI is InChI=1S/C73H86N12O19S3/c1-43(2)61(79-58(86)33-83-49(35-102-27-29-107(99,100)101)30-55(66(83)92)85-59(87)20-21-60(85)88)65(91)75-44(3)63(89)76-48-16-14-46(15-17-48)34-103-69(95)81(25-28-106(96,97)98)24-26-104-73-39-70(5)36-71(6,40-73)38-72(37-70,41-73)42-84-45(4)52(31-74-84)50-18-19-57(78-62(50)67(93)94)82-23-22-47-10-9-11-51(53(47)32-82)64(90)80-68-77-54-12-7-8-13-56(54)105-68/h7-21,31,43-44,49,55,61H,22-30,32-42H2,1-6H3,(H,75,91)(H,76,89)(H,79,86)(H,93,94)(H,77,80,90)(H,96,97,98)(H,99,100,101)/t44-,49-,55-,61-,70?,71?,72?,73?/m0/s1. The van der Waals surface area contributed by atoms with Crippen LogP contribution >= 0.6 is 11.3 Å². The number of nitrogens with zero attached hydrogens (tertiary/aromatic N) is 8. The number of amides is 8. The third kappa shape index (κ3) is 17.7. The molecule has 13 rings (SSSR count). The van der Waals surface area contributed by atoms with E-state index in [9.17, 15) is 69.6 Å². The number of aromatic nitrogens is 4. The van der Waals surface area contributed by atoms with Gasteiger partial charge in [0.25, 0.3) is 38.0 Å². The number of likely N-dealkylation sites (tertiary alicyclic amines) is 1. The molecule has 107 heavy (non-hydrogen) atoms. The first-order valence-electron chi connectivity index (χ1n) is 35.2. The summed E-state index contributed by atoms with van der Waals surface area (Å²) in [6, 6.07) is 18.5. The first-order chi connectivity index (χ1) is 50.6. The summed E-state index contributed by atoms with van der Waals surface area (Å²) < 4.78 is 86.6. The zero-order valence-corrected chi connectivity index (χ0v) is 62.4. The number of benzene rings is 3. The van der Waals surface area contributed by atoms with Gasteiger partial charge in [-0.15, -0.1) is 0 Å². The van der Waals surface area contributed by atoms with Gasteiger partial charge in [0.1, 0.15) is 30.6 Å². The first-order valence-corrected chi connectivity index (χ1v) is 39.3. The van der Waals surface area contributed by atoms with Gasteiger partial charge < -0.3 is 50.0 Å². The summed E-state index contributed by atoms with van der Waals surface area (Å²) >= 11 is 1.39. The van der Waals surface area contributed by atoms with E-state index in [1.165, 1.54) is 35.3 Å². The number of carbonyl (C=O) groups excluding carboxylic acids is 8. The summed E-state index contributed by atoms with van der Waals surface area (Å²) in [5.74, 6) is -7.59. The van der Waals surface area contributed by atoms with Gasteiger partial charge in [-0.25, -0.2) is 19.6 Å². The van der Waals surface area contributed by atoms with E-state index in [0.29, 0.717) is 71.4 Å². The van der Waals surface area contributed by atoms with Crippen LogP contribution in [0.3, 0.4) is 0 Å². The van der Waals surface area contributed by atoms with Crippen LogP contribution < -0.4 is 26.2 Å². The minimum Gasteiger partial charge on any atom is -0.476 e. The Balaban J connectivity index is 0.640. The summed E-state index contributed by atoms with van der Waals surface area (Å²) in [5, 5.41) is 27.0. The number of para-hydroxylation sites is 1. The van der Waals surface area contributed by atoms with Crippen molar-refractivity contribution < 1.29 is 88.4 Å². The van der Waals surface area contributed by atoms with Crippen molar-refractivity contribution in [2.75, 3.05) is 73.0 Å². The molecule has 31 nitrogen and oxygen atoms in total. The fourth-order valence-electron chi connectivity index (χ4n) is 17.3. The van der Waals surface area contributed by atoms with Gasteiger partial charge in [0.05, 0.1) is 65.9 Å². The fourth-order valence-corrected chi connectivity index (χ4v) is 18.9. The van der Waals surface area contributed by atoms with Gasteiger partial charge in [-0.05, 0) is 140 Å². The largest absolute Gasteiger partial charge is 0.476 e. The highest BCUT2D eigenvalue weighted by atomic mass is 32.2. The van der Waals surface area contributed by atoms with Gasteiger partial charge in [-0.3, -0.25) is 57.6 Å². The minimum atomic E-state index is -4.53. The SMILES string of the molecule is Cc1c(-c2ccc(N3CCc4cccc(C(=O)Nc5nc6ccccc6s5)c4C3)nc2C(=O)O)cnn1CC12CC3(C)CC(C)(C1)CC(OCCN(CCS(=O)(=O)O)C(=O)OCc1ccc(NC(=O)[C@H](C)NC(=O)[C@@H](NC(=O)CN4C(=O)[C@@H](N5C(=O)C=CC5=O)C[C@H]4COCCS(=O)(=O)O)C(C)C)cc1)(C3)C2. The predicted molar refractivity (Wildman–Crippen MR) is 391 cm³/mol. The van der Waals surface area contributed by atoms with E-state index in [2.05, 4.69) is 40.1 Å². The van der Waals surface area contributed by atoms with Crippen LogP contribution in [-0.4, -0.2) is 206 Å². The van der Waals surface area contributed by atoms with Crippen LogP contribution in [0.2, 0.25) is 0 Å². The van der Waals surface area contributed by atoms with Crippen LogP contribution in [0.4, 0.5) is 21.4 Å². The summed E-state index contributed by atoms with van der Waals surface area (Å²) in [5.41, 5.74) is 4.40. The minimum absolute atomic E-state index is 0.0125. The number of fused-ring (bicyclic) bond motifs is 2. The quantitative estimate of drug-likeness (QED) is 0.0145. The number of hydrogen-bond donors (Lipinski definition) is 7. The average molecular weight is 1530 g/mol. The molecule has 2 unspecified atom stereocenters. The Morgan fingerprint density at radius 3 is 2.17 bits per heavy atom. The summed E-state index contributed by atoms with van der Waals surface area (Å²) in [6.45, 7) is 10.4. The molecule has 1 saturated heterocycles. The van der Waals surface area contributed by atoms with Crippen molar-refractivity contribution in [2.45, 2.75) is 142 Å². The molecule has 0 spiro atoms. The Morgan fingerprint density at radius 2 is 1.49 bits per heavy atom. The molecule has 6 aromatic rings. The highest BCUT2D eigenvalue weighted by Gasteiger charge is 2.66. The van der Waals surface area contributed by atoms with E-state index in [0.717, 1.165) is 81.1 Å². The maximum Gasteiger partial charge on any atom is 0.410 e. The maximum absolute atomic E-state index is 13.9. The molecule has 6 heterocycles. The number of rotatable bonds is 30. The molecule has 570 valence electrons. The topological polar surface area (TPSA) is 415 Å². The molecular formula is C73H86N12O19S3. The van der Waals surface area contributed by atoms with Gasteiger partial charge >= 0.3 is 12.1 Å². The number of nitrogens with one attached hydrogen (secondary N) is 4. The molecule has 6 atom stereocenters. The second-order valence-corrected chi connectivity index (χ2v) is 34.3. The van der Waals surface area contributed by atoms with Gasteiger partial charge in [0, 0.05) is 79.4 Å². The van der Waals surface area contributed by atoms with Crippen LogP contribution in [0.25, 0.3) is 21.3 Å². The van der Waals surface area contributed by atoms with E-state index < -0.39 is 135 Å². The van der Waals surface area contributed by atoms with Gasteiger partial charge in [0.15, 0.2) is 10.8 Å². The van der Waals surface area contributed by atoms with Crippen molar-refractivity contribution in [3.63, 3.8) is 0 Å². The van der Waals surface area contributed by atoms with Crippen LogP contribution in [0.5, 0.6) is 0 Å². The van der Waals surface area contributed by atoms with Crippen molar-refractivity contribution in [1.29, 1.82) is 0 Å². The number of carboxylic acid groups (broad SMARTS) is 1. The number of hydrogen-bond acceptors (Lipinski definition) is 21. The summed E-state index contributed by atoms with van der Waals surface area (Å²) in [4.78, 5) is 135. The van der Waals surface area contributed by atoms with Crippen LogP contribution in [-0.2, 0) is 89.3 Å². The van der Waals surface area contributed by atoms with Crippen molar-refractivity contribution in [3.05, 3.63) is 131 Å². The summed E-state index contributed by atoms with van der Waals surface area (Å²) in [7, 11) is -8.92. The van der Waals surface area contributed by atoms with E-state index >= 15 is 0 Å². The first kappa shape index (κ1) is 77.0. The Kier molecular flexibility index (Phi) is 22.0. The number of thiazole rings is 1. The monoisotopic (exact) mass is 1530 g/mol. The Hall–Kier alpha value is -9.58. The smallest absolute Gasteiger partial charge is 0.410 e. The second kappa shape index (κ2) is 30.6. The Bertz CT molecular complexity index is 4720. The van der Waals surface area contributed by atoms with E-state index in [4.69, 9.17) is 28.8 Å². The highest BCUT2D eigenvalue weighted by molar-refractivity contribution is 7.86. The molecule has 3 aliphatic heterocycles. The second-order valence-electron chi connectivity index (χ2n) is 30.1. The van der Waals surface area contributed by atoms with E-state index in [1.54, 1.807) is 44.3 Å². The van der Waals surface area contributed by atoms with Crippen molar-refractivity contribution in [3.8, 4) is 11.1 Å². The lowest BCUT2D eigenvalue weighted by molar-refractivity contribution is -0.248. The zero-order chi connectivity index (χ0) is 76.7. The molecule has 5 fully saturated rings.